The lowest BCUT2D eigenvalue weighted by molar-refractivity contribution is -0.145. The number of esters is 1. The van der Waals surface area contributed by atoms with Crippen LogP contribution < -0.4 is 15.4 Å². The van der Waals surface area contributed by atoms with Crippen molar-refractivity contribution in [3.8, 4) is 11.1 Å². The summed E-state index contributed by atoms with van der Waals surface area (Å²) in [6.45, 7) is 0.185. The Labute approximate surface area is 248 Å². The number of aromatic nitrogens is 3. The first-order valence-electron chi connectivity index (χ1n) is 13.6. The third-order valence-electron chi connectivity index (χ3n) is 6.59. The first kappa shape index (κ1) is 29.4. The molecule has 0 aliphatic rings. The largest absolute Gasteiger partial charge is 0.464 e. The number of nitrogens with zero attached hydrogens (tertiary/aromatic N) is 2. The highest BCUT2D eigenvalue weighted by molar-refractivity contribution is 7.89. The third-order valence-corrected chi connectivity index (χ3v) is 8.07. The quantitative estimate of drug-likeness (QED) is 0.118. The van der Waals surface area contributed by atoms with Crippen LogP contribution >= 0.6 is 0 Å². The van der Waals surface area contributed by atoms with E-state index in [-0.39, 0.29) is 18.0 Å². The summed E-state index contributed by atoms with van der Waals surface area (Å²) in [7, 11) is -4.15. The fourth-order valence-corrected chi connectivity index (χ4v) is 5.56. The zero-order valence-electron chi connectivity index (χ0n) is 23.1. The van der Waals surface area contributed by atoms with Gasteiger partial charge in [-0.2, -0.15) is 9.82 Å². The van der Waals surface area contributed by atoms with Gasteiger partial charge in [-0.3, -0.25) is 14.7 Å². The van der Waals surface area contributed by atoms with E-state index in [9.17, 15) is 18.0 Å². The molecule has 5 rings (SSSR count). The van der Waals surface area contributed by atoms with Gasteiger partial charge in [0.15, 0.2) is 0 Å². The molecule has 0 saturated heterocycles. The van der Waals surface area contributed by atoms with Crippen molar-refractivity contribution in [2.75, 3.05) is 25.0 Å². The molecule has 0 spiro atoms. The molecule has 3 aromatic carbocycles. The predicted octanol–water partition coefficient (Wildman–Crippen LogP) is 3.75. The number of hydrogen-bond acceptors (Lipinski definition) is 8. The van der Waals surface area contributed by atoms with Gasteiger partial charge in [0.25, 0.3) is 5.91 Å². The Kier molecular flexibility index (Phi) is 9.39. The van der Waals surface area contributed by atoms with Crippen molar-refractivity contribution >= 4 is 38.6 Å². The van der Waals surface area contributed by atoms with Gasteiger partial charge >= 0.3 is 5.97 Å². The molecule has 0 radical (unpaired) electrons. The molecule has 0 aliphatic carbocycles. The normalized spacial score (nSPS) is 12.0. The maximum absolute atomic E-state index is 13.3. The number of ether oxygens (including phenoxy) is 1. The summed E-state index contributed by atoms with van der Waals surface area (Å²) in [4.78, 5) is 30.3. The zero-order chi connectivity index (χ0) is 30.1. The minimum absolute atomic E-state index is 0.0287. The Hall–Kier alpha value is -5.07. The van der Waals surface area contributed by atoms with Crippen molar-refractivity contribution in [3.63, 3.8) is 0 Å². The molecule has 220 valence electrons. The van der Waals surface area contributed by atoms with E-state index in [4.69, 9.17) is 4.74 Å². The number of aromatic amines is 1. The number of carbonyl (C=O) groups excluding carboxylic acids is 2. The number of fused-ring (bicyclic) bond motifs is 1. The van der Waals surface area contributed by atoms with Crippen LogP contribution in [0.5, 0.6) is 0 Å². The van der Waals surface area contributed by atoms with Gasteiger partial charge in [0.2, 0.25) is 10.0 Å². The SMILES string of the molecule is O=C(NCC(NS(=O)(=O)c1ccc(-c2ccccc2)cc1)C(=O)OCCCNc1ccccn1)c1cccc2[nH]ncc12. The van der Waals surface area contributed by atoms with Crippen LogP contribution in [-0.2, 0) is 19.6 Å². The monoisotopic (exact) mass is 598 g/mol. The minimum Gasteiger partial charge on any atom is -0.464 e. The number of rotatable bonds is 13. The van der Waals surface area contributed by atoms with E-state index in [1.807, 2.05) is 42.5 Å². The minimum atomic E-state index is -4.15. The molecule has 43 heavy (non-hydrogen) atoms. The summed E-state index contributed by atoms with van der Waals surface area (Å²) in [5, 5.41) is 13.1. The van der Waals surface area contributed by atoms with E-state index < -0.39 is 27.9 Å². The van der Waals surface area contributed by atoms with Crippen LogP contribution in [0.2, 0.25) is 0 Å². The summed E-state index contributed by atoms with van der Waals surface area (Å²) in [6.07, 6.45) is 3.64. The standard InChI is InChI=1S/C31H30N6O5S/c38-30(25-10-6-11-27-26(25)20-35-36-27)34-21-28(31(39)42-19-7-18-33-29-12-4-5-17-32-29)37-43(40,41)24-15-13-23(14-16-24)22-8-2-1-3-9-22/h1-6,8-17,20,28,37H,7,18-19,21H2,(H,32,33)(H,34,38)(H,35,36). The summed E-state index contributed by atoms with van der Waals surface area (Å²) in [5.41, 5.74) is 2.78. The van der Waals surface area contributed by atoms with Crippen molar-refractivity contribution in [3.05, 3.63) is 109 Å². The molecular formula is C31H30N6O5S. The molecule has 2 heterocycles. The summed E-state index contributed by atoms with van der Waals surface area (Å²) in [6, 6.07) is 25.0. The molecule has 0 bridgehead atoms. The highest BCUT2D eigenvalue weighted by Gasteiger charge is 2.28. The molecular weight excluding hydrogens is 568 g/mol. The summed E-state index contributed by atoms with van der Waals surface area (Å²) < 4.78 is 34.5. The van der Waals surface area contributed by atoms with Gasteiger partial charge in [-0.15, -0.1) is 0 Å². The smallest absolute Gasteiger partial charge is 0.326 e. The van der Waals surface area contributed by atoms with Crippen LogP contribution in [0, 0.1) is 0 Å². The number of sulfonamides is 1. The summed E-state index contributed by atoms with van der Waals surface area (Å²) in [5.74, 6) is -0.618. The van der Waals surface area contributed by atoms with Gasteiger partial charge in [0, 0.05) is 24.7 Å². The zero-order valence-corrected chi connectivity index (χ0v) is 23.9. The van der Waals surface area contributed by atoms with E-state index in [1.165, 1.54) is 18.3 Å². The number of benzene rings is 3. The van der Waals surface area contributed by atoms with Gasteiger partial charge in [-0.05, 0) is 53.9 Å². The lowest BCUT2D eigenvalue weighted by atomic mass is 10.1. The number of nitrogens with one attached hydrogen (secondary N) is 4. The Bertz CT molecular complexity index is 1780. The fraction of sp³-hybridized carbons (Fsp3) is 0.161. The molecule has 1 atom stereocenters. The molecule has 4 N–H and O–H groups in total. The molecule has 0 fully saturated rings. The Morgan fingerprint density at radius 1 is 0.884 bits per heavy atom. The number of H-pyrrole nitrogens is 1. The Morgan fingerprint density at radius 2 is 1.65 bits per heavy atom. The number of anilines is 1. The molecule has 0 aliphatic heterocycles. The molecule has 5 aromatic rings. The Balaban J connectivity index is 1.26. The first-order valence-corrected chi connectivity index (χ1v) is 15.1. The number of pyridine rings is 1. The van der Waals surface area contributed by atoms with E-state index in [0.29, 0.717) is 35.2 Å². The fourth-order valence-electron chi connectivity index (χ4n) is 4.37. The second kappa shape index (κ2) is 13.7. The van der Waals surface area contributed by atoms with E-state index in [0.717, 1.165) is 11.1 Å². The topological polar surface area (TPSA) is 155 Å². The van der Waals surface area contributed by atoms with Gasteiger partial charge in [0.1, 0.15) is 11.9 Å². The highest BCUT2D eigenvalue weighted by atomic mass is 32.2. The van der Waals surface area contributed by atoms with Gasteiger partial charge < -0.3 is 15.4 Å². The van der Waals surface area contributed by atoms with E-state index in [2.05, 4.69) is 30.5 Å². The average Bonchev–Trinajstić information content (AvgIpc) is 3.53. The van der Waals surface area contributed by atoms with Crippen LogP contribution in [0.25, 0.3) is 22.0 Å². The molecule has 12 heteroatoms. The van der Waals surface area contributed by atoms with Crippen molar-refractivity contribution in [1.82, 2.24) is 25.2 Å². The molecule has 11 nitrogen and oxygen atoms in total. The molecule has 1 amide bonds. The lowest BCUT2D eigenvalue weighted by Gasteiger charge is -2.19. The summed E-state index contributed by atoms with van der Waals surface area (Å²) >= 11 is 0. The Morgan fingerprint density at radius 3 is 2.42 bits per heavy atom. The van der Waals surface area contributed by atoms with Crippen LogP contribution in [-0.4, -0.2) is 61.2 Å². The molecule has 1 unspecified atom stereocenters. The van der Waals surface area contributed by atoms with Gasteiger partial charge in [-0.1, -0.05) is 54.6 Å². The van der Waals surface area contributed by atoms with Crippen LogP contribution in [0.3, 0.4) is 0 Å². The second-order valence-corrected chi connectivity index (χ2v) is 11.3. The first-order chi connectivity index (χ1) is 20.9. The lowest BCUT2D eigenvalue weighted by Crippen LogP contribution is -2.49. The second-order valence-electron chi connectivity index (χ2n) is 9.57. The van der Waals surface area contributed by atoms with Gasteiger partial charge in [-0.25, -0.2) is 13.4 Å². The van der Waals surface area contributed by atoms with Crippen molar-refractivity contribution in [2.45, 2.75) is 17.4 Å². The third kappa shape index (κ3) is 7.61. The number of hydrogen-bond donors (Lipinski definition) is 4. The number of amides is 1. The molecule has 2 aromatic heterocycles. The number of carbonyl (C=O) groups is 2. The van der Waals surface area contributed by atoms with Crippen molar-refractivity contribution in [2.24, 2.45) is 0 Å². The predicted molar refractivity (Wildman–Crippen MR) is 163 cm³/mol. The maximum atomic E-state index is 13.3. The van der Waals surface area contributed by atoms with Crippen molar-refractivity contribution < 1.29 is 22.7 Å². The average molecular weight is 599 g/mol. The maximum Gasteiger partial charge on any atom is 0.326 e. The van der Waals surface area contributed by atoms with E-state index >= 15 is 0 Å². The van der Waals surface area contributed by atoms with E-state index in [1.54, 1.807) is 42.6 Å². The van der Waals surface area contributed by atoms with Crippen LogP contribution in [0.1, 0.15) is 16.8 Å². The highest BCUT2D eigenvalue weighted by Crippen LogP contribution is 2.21. The van der Waals surface area contributed by atoms with Crippen LogP contribution in [0.4, 0.5) is 5.82 Å². The molecule has 0 saturated carbocycles. The van der Waals surface area contributed by atoms with Crippen LogP contribution in [0.15, 0.2) is 108 Å². The van der Waals surface area contributed by atoms with Crippen molar-refractivity contribution in [1.29, 1.82) is 0 Å². The van der Waals surface area contributed by atoms with Gasteiger partial charge in [0.05, 0.1) is 28.8 Å².